The first-order valence-electron chi connectivity index (χ1n) is 11.2. The van der Waals surface area contributed by atoms with Crippen LogP contribution in [0.2, 0.25) is 5.02 Å². The molecule has 0 saturated carbocycles. The molecule has 2 aliphatic rings. The van der Waals surface area contributed by atoms with Crippen LogP contribution >= 0.6 is 11.6 Å². The molecule has 2 saturated heterocycles. The molecule has 2 aliphatic heterocycles. The molecule has 2 aromatic rings. The van der Waals surface area contributed by atoms with Gasteiger partial charge in [0, 0.05) is 49.7 Å². The number of amides is 2. The van der Waals surface area contributed by atoms with Crippen LogP contribution in [0.5, 0.6) is 0 Å². The number of ether oxygens (including phenoxy) is 1. The van der Waals surface area contributed by atoms with Crippen molar-refractivity contribution in [1.29, 1.82) is 0 Å². The van der Waals surface area contributed by atoms with Gasteiger partial charge in [0.05, 0.1) is 0 Å². The number of methoxy groups -OCH3 is 1. The molecule has 5 nitrogen and oxygen atoms in total. The number of benzene rings is 2. The molecule has 4 rings (SSSR count). The number of piperidine rings is 2. The molecule has 2 fully saturated rings. The highest BCUT2D eigenvalue weighted by atomic mass is 35.5. The van der Waals surface area contributed by atoms with Gasteiger partial charge >= 0.3 is 6.18 Å². The summed E-state index contributed by atoms with van der Waals surface area (Å²) in [7, 11) is 0.863. The third kappa shape index (κ3) is 4.51. The minimum atomic E-state index is -5.02. The first-order valence-corrected chi connectivity index (χ1v) is 11.6. The Labute approximate surface area is 205 Å². The largest absolute Gasteiger partial charge is 0.430 e. The van der Waals surface area contributed by atoms with Crippen molar-refractivity contribution >= 4 is 23.4 Å². The molecule has 2 atom stereocenters. The Bertz CT molecular complexity index is 1080. The molecule has 10 heteroatoms. The molecule has 1 spiro atoms. The Morgan fingerprint density at radius 3 is 2.23 bits per heavy atom. The maximum absolute atomic E-state index is 14.4. The van der Waals surface area contributed by atoms with Gasteiger partial charge in [-0.1, -0.05) is 35.9 Å². The summed E-state index contributed by atoms with van der Waals surface area (Å²) in [4.78, 5) is 26.9. The number of rotatable bonds is 4. The highest BCUT2D eigenvalue weighted by Crippen LogP contribution is 2.50. The molecule has 2 amide bonds. The number of carbonyl (C=O) groups excluding carboxylic acids is 2. The monoisotopic (exact) mass is 512 g/mol. The zero-order valence-electron chi connectivity index (χ0n) is 19.0. The number of nitrogens with zero attached hydrogens (tertiary/aromatic N) is 1. The van der Waals surface area contributed by atoms with Gasteiger partial charge in [0.25, 0.3) is 11.5 Å². The van der Waals surface area contributed by atoms with Gasteiger partial charge in [0.15, 0.2) is 0 Å². The summed E-state index contributed by atoms with van der Waals surface area (Å²) in [6.45, 7) is 0.394. The van der Waals surface area contributed by atoms with Gasteiger partial charge in [-0.3, -0.25) is 9.59 Å². The van der Waals surface area contributed by atoms with Gasteiger partial charge in [-0.25, -0.2) is 4.39 Å². The number of hydrogen-bond donors (Lipinski definition) is 1. The van der Waals surface area contributed by atoms with E-state index in [0.29, 0.717) is 19.4 Å². The van der Waals surface area contributed by atoms with Gasteiger partial charge < -0.3 is 15.0 Å². The molecular formula is C25H25ClF4N2O3. The summed E-state index contributed by atoms with van der Waals surface area (Å²) >= 11 is 5.84. The van der Waals surface area contributed by atoms with E-state index in [1.807, 2.05) is 0 Å². The van der Waals surface area contributed by atoms with Crippen LogP contribution in [0.3, 0.4) is 0 Å². The Morgan fingerprint density at radius 2 is 1.69 bits per heavy atom. The standard InChI is InChI=1S/C25H25ClF4N2O3/c1-35-24(25(28,29)30,17-4-6-18(26)7-5-17)22(34)32-12-10-23(11-13-32)14-21(33)31-15-20(23)16-2-8-19(27)9-3-16/h2-9,20H,10-15H2,1H3,(H,31,33)/t20-,24+/m0/s1. The summed E-state index contributed by atoms with van der Waals surface area (Å²) in [6.07, 6.45) is -4.19. The van der Waals surface area contributed by atoms with Crippen LogP contribution in [0.4, 0.5) is 17.6 Å². The van der Waals surface area contributed by atoms with E-state index in [9.17, 15) is 27.2 Å². The molecule has 188 valence electrons. The lowest BCUT2D eigenvalue weighted by atomic mass is 9.62. The van der Waals surface area contributed by atoms with Gasteiger partial charge in [-0.15, -0.1) is 0 Å². The zero-order chi connectivity index (χ0) is 25.4. The van der Waals surface area contributed by atoms with Gasteiger partial charge in [0.2, 0.25) is 5.91 Å². The fourth-order valence-electron chi connectivity index (χ4n) is 5.42. The van der Waals surface area contributed by atoms with Crippen LogP contribution in [0.15, 0.2) is 48.5 Å². The Hall–Kier alpha value is -2.65. The highest BCUT2D eigenvalue weighted by molar-refractivity contribution is 6.30. The van der Waals surface area contributed by atoms with Crippen molar-refractivity contribution in [2.45, 2.75) is 37.0 Å². The average molecular weight is 513 g/mol. The zero-order valence-corrected chi connectivity index (χ0v) is 19.8. The third-order valence-electron chi connectivity index (χ3n) is 7.33. The van der Waals surface area contributed by atoms with E-state index < -0.39 is 23.1 Å². The van der Waals surface area contributed by atoms with E-state index in [2.05, 4.69) is 5.32 Å². The smallest absolute Gasteiger partial charge is 0.356 e. The average Bonchev–Trinajstić information content (AvgIpc) is 2.81. The van der Waals surface area contributed by atoms with E-state index >= 15 is 0 Å². The number of carbonyl (C=O) groups is 2. The second-order valence-corrected chi connectivity index (χ2v) is 9.57. The van der Waals surface area contributed by atoms with Crippen molar-refractivity contribution in [2.75, 3.05) is 26.7 Å². The molecule has 0 aromatic heterocycles. The van der Waals surface area contributed by atoms with Gasteiger partial charge in [0.1, 0.15) is 5.82 Å². The Balaban J connectivity index is 1.62. The molecule has 0 unspecified atom stereocenters. The van der Waals surface area contributed by atoms with Crippen LogP contribution in [0, 0.1) is 11.2 Å². The van der Waals surface area contributed by atoms with Crippen LogP contribution in [-0.4, -0.2) is 49.6 Å². The minimum Gasteiger partial charge on any atom is -0.356 e. The first-order chi connectivity index (χ1) is 16.5. The van der Waals surface area contributed by atoms with E-state index in [0.717, 1.165) is 29.7 Å². The van der Waals surface area contributed by atoms with Crippen molar-refractivity contribution < 1.29 is 31.9 Å². The molecule has 0 aliphatic carbocycles. The molecule has 2 aromatic carbocycles. The molecular weight excluding hydrogens is 488 g/mol. The number of nitrogens with one attached hydrogen (secondary N) is 1. The minimum absolute atomic E-state index is 0.0264. The molecule has 0 bridgehead atoms. The number of hydrogen-bond acceptors (Lipinski definition) is 3. The second-order valence-electron chi connectivity index (χ2n) is 9.13. The molecule has 1 N–H and O–H groups in total. The quantitative estimate of drug-likeness (QED) is 0.599. The lowest BCUT2D eigenvalue weighted by Crippen LogP contribution is -2.60. The third-order valence-corrected chi connectivity index (χ3v) is 7.58. The summed E-state index contributed by atoms with van der Waals surface area (Å²) in [5, 5.41) is 3.07. The maximum Gasteiger partial charge on any atom is 0.430 e. The molecule has 35 heavy (non-hydrogen) atoms. The Morgan fingerprint density at radius 1 is 1.09 bits per heavy atom. The lowest BCUT2D eigenvalue weighted by molar-refractivity contribution is -0.271. The van der Waals surface area contributed by atoms with E-state index in [4.69, 9.17) is 16.3 Å². The lowest BCUT2D eigenvalue weighted by Gasteiger charge is -2.50. The fraction of sp³-hybridized carbons (Fsp3) is 0.440. The van der Waals surface area contributed by atoms with Crippen molar-refractivity contribution in [2.24, 2.45) is 5.41 Å². The topological polar surface area (TPSA) is 58.6 Å². The van der Waals surface area contributed by atoms with E-state index in [-0.39, 0.29) is 47.7 Å². The summed E-state index contributed by atoms with van der Waals surface area (Å²) in [5.74, 6) is -1.88. The summed E-state index contributed by atoms with van der Waals surface area (Å²) in [6, 6.07) is 10.9. The van der Waals surface area contributed by atoms with Crippen LogP contribution in [-0.2, 0) is 19.9 Å². The number of alkyl halides is 3. The van der Waals surface area contributed by atoms with Gasteiger partial charge in [-0.2, -0.15) is 13.2 Å². The van der Waals surface area contributed by atoms with E-state index in [1.165, 1.54) is 24.3 Å². The first kappa shape index (κ1) is 25.4. The molecule has 2 heterocycles. The fourth-order valence-corrected chi connectivity index (χ4v) is 5.55. The van der Waals surface area contributed by atoms with E-state index in [1.54, 1.807) is 12.1 Å². The maximum atomic E-state index is 14.4. The van der Waals surface area contributed by atoms with Crippen LogP contribution in [0.25, 0.3) is 0 Å². The van der Waals surface area contributed by atoms with Crippen LogP contribution < -0.4 is 5.32 Å². The number of halogens is 5. The van der Waals surface area contributed by atoms with Crippen molar-refractivity contribution in [3.63, 3.8) is 0 Å². The SMILES string of the molecule is CO[C@@](C(=O)N1CCC2(CC1)CC(=O)NC[C@H]2c1ccc(F)cc1)(c1ccc(Cl)cc1)C(F)(F)F. The van der Waals surface area contributed by atoms with Crippen molar-refractivity contribution in [3.8, 4) is 0 Å². The van der Waals surface area contributed by atoms with Gasteiger partial charge in [-0.05, 0) is 48.1 Å². The Kier molecular flexibility index (Phi) is 6.85. The predicted molar refractivity (Wildman–Crippen MR) is 121 cm³/mol. The predicted octanol–water partition coefficient (Wildman–Crippen LogP) is 4.80. The van der Waals surface area contributed by atoms with Crippen molar-refractivity contribution in [3.05, 3.63) is 70.5 Å². The summed E-state index contributed by atoms with van der Waals surface area (Å²) in [5.41, 5.74) is -3.24. The summed E-state index contributed by atoms with van der Waals surface area (Å²) < 4.78 is 61.6. The second kappa shape index (κ2) is 9.43. The van der Waals surface area contributed by atoms with Crippen molar-refractivity contribution in [1.82, 2.24) is 10.2 Å². The molecule has 0 radical (unpaired) electrons. The number of likely N-dealkylation sites (tertiary alicyclic amines) is 1. The highest BCUT2D eigenvalue weighted by Gasteiger charge is 2.64. The normalized spacial score (nSPS) is 21.9. The van der Waals surface area contributed by atoms with Crippen LogP contribution in [0.1, 0.15) is 36.3 Å².